The van der Waals surface area contributed by atoms with Crippen molar-refractivity contribution in [3.63, 3.8) is 0 Å². The Labute approximate surface area is 163 Å². The van der Waals surface area contributed by atoms with Crippen LogP contribution in [0.15, 0.2) is 23.1 Å². The van der Waals surface area contributed by atoms with Crippen LogP contribution in [0.4, 0.5) is 5.69 Å². The monoisotopic (exact) mass is 400 g/mol. The maximum Gasteiger partial charge on any atom is 0.253 e. The minimum Gasteiger partial charge on any atom is -0.492 e. The zero-order valence-electron chi connectivity index (χ0n) is 16.9. The highest BCUT2D eigenvalue weighted by atomic mass is 32.2. The standard InChI is InChI=1S/C19H32N2O5S/c1-6-10-13-26-15(5)19(22)20-16-11-12-17(25-9-4)18(14-16)27(23,24)21(7-2)8-3/h11-12,14-15H,6-10,13H2,1-5H3,(H,20,22)/t15-/m0/s1. The SMILES string of the molecule is CCCCO[C@@H](C)C(=O)Nc1ccc(OCC)c(S(=O)(=O)N(CC)CC)c1. The van der Waals surface area contributed by atoms with Crippen LogP contribution in [0.2, 0.25) is 0 Å². The summed E-state index contributed by atoms with van der Waals surface area (Å²) < 4.78 is 38.2. The molecule has 1 N–H and O–H groups in total. The fourth-order valence-electron chi connectivity index (χ4n) is 2.49. The van der Waals surface area contributed by atoms with Crippen LogP contribution < -0.4 is 10.1 Å². The van der Waals surface area contributed by atoms with Gasteiger partial charge in [-0.1, -0.05) is 27.2 Å². The third-order valence-electron chi connectivity index (χ3n) is 4.07. The number of anilines is 1. The average Bonchev–Trinajstić information content (AvgIpc) is 2.63. The summed E-state index contributed by atoms with van der Waals surface area (Å²) in [7, 11) is -3.72. The molecule has 0 bridgehead atoms. The number of unbranched alkanes of at least 4 members (excludes halogenated alkanes) is 1. The van der Waals surface area contributed by atoms with Gasteiger partial charge < -0.3 is 14.8 Å². The van der Waals surface area contributed by atoms with Crippen LogP contribution >= 0.6 is 0 Å². The van der Waals surface area contributed by atoms with Crippen LogP contribution in [-0.2, 0) is 19.6 Å². The van der Waals surface area contributed by atoms with Gasteiger partial charge >= 0.3 is 0 Å². The van der Waals surface area contributed by atoms with Crippen molar-refractivity contribution in [2.75, 3.05) is 31.6 Å². The number of benzene rings is 1. The van der Waals surface area contributed by atoms with Crippen molar-refractivity contribution in [1.29, 1.82) is 0 Å². The Kier molecular flexibility index (Phi) is 9.76. The van der Waals surface area contributed by atoms with Crippen LogP contribution in [0.25, 0.3) is 0 Å². The van der Waals surface area contributed by atoms with E-state index < -0.39 is 16.1 Å². The third kappa shape index (κ3) is 6.48. The van der Waals surface area contributed by atoms with Crippen LogP contribution in [0.1, 0.15) is 47.5 Å². The van der Waals surface area contributed by atoms with E-state index in [2.05, 4.69) is 5.32 Å². The first kappa shape index (κ1) is 23.4. The lowest BCUT2D eigenvalue weighted by Gasteiger charge is -2.21. The summed E-state index contributed by atoms with van der Waals surface area (Å²) in [5, 5.41) is 2.72. The van der Waals surface area contributed by atoms with Gasteiger partial charge in [0.05, 0.1) is 6.61 Å². The van der Waals surface area contributed by atoms with E-state index in [1.807, 2.05) is 6.92 Å². The van der Waals surface area contributed by atoms with Crippen LogP contribution in [0.5, 0.6) is 5.75 Å². The number of hydrogen-bond acceptors (Lipinski definition) is 5. The quantitative estimate of drug-likeness (QED) is 0.544. The number of amides is 1. The van der Waals surface area contributed by atoms with Gasteiger partial charge in [-0.25, -0.2) is 8.42 Å². The van der Waals surface area contributed by atoms with Gasteiger partial charge in [-0.15, -0.1) is 0 Å². The molecule has 0 saturated heterocycles. The van der Waals surface area contributed by atoms with Crippen LogP contribution in [-0.4, -0.2) is 51.0 Å². The summed E-state index contributed by atoms with van der Waals surface area (Å²) in [6, 6.07) is 4.64. The van der Waals surface area contributed by atoms with E-state index in [0.717, 1.165) is 12.8 Å². The van der Waals surface area contributed by atoms with Crippen molar-refractivity contribution in [3.05, 3.63) is 18.2 Å². The molecule has 1 atom stereocenters. The zero-order chi connectivity index (χ0) is 20.4. The van der Waals surface area contributed by atoms with Crippen molar-refractivity contribution < 1.29 is 22.7 Å². The second kappa shape index (κ2) is 11.3. The molecule has 1 aromatic carbocycles. The zero-order valence-corrected chi connectivity index (χ0v) is 17.8. The Balaban J connectivity index is 3.10. The number of carbonyl (C=O) groups excluding carboxylic acids is 1. The first-order valence-electron chi connectivity index (χ1n) is 9.51. The number of carbonyl (C=O) groups is 1. The molecule has 0 spiro atoms. The normalized spacial score (nSPS) is 12.8. The maximum atomic E-state index is 12.9. The molecule has 8 heteroatoms. The molecule has 154 valence electrons. The molecule has 7 nitrogen and oxygen atoms in total. The van der Waals surface area contributed by atoms with Gasteiger partial charge in [0.25, 0.3) is 5.91 Å². The van der Waals surface area contributed by atoms with E-state index in [1.54, 1.807) is 39.8 Å². The van der Waals surface area contributed by atoms with Gasteiger partial charge in [0.15, 0.2) is 0 Å². The van der Waals surface area contributed by atoms with E-state index >= 15 is 0 Å². The van der Waals surface area contributed by atoms with E-state index in [4.69, 9.17) is 9.47 Å². The number of hydrogen-bond donors (Lipinski definition) is 1. The number of nitrogens with one attached hydrogen (secondary N) is 1. The minimum absolute atomic E-state index is 0.0467. The molecule has 0 saturated carbocycles. The molecule has 0 aliphatic carbocycles. The van der Waals surface area contributed by atoms with Crippen LogP contribution in [0.3, 0.4) is 0 Å². The Bertz CT molecular complexity index is 702. The first-order chi connectivity index (χ1) is 12.8. The first-order valence-corrected chi connectivity index (χ1v) is 10.9. The van der Waals surface area contributed by atoms with Gasteiger partial charge in [-0.2, -0.15) is 4.31 Å². The summed E-state index contributed by atoms with van der Waals surface area (Å²) >= 11 is 0. The van der Waals surface area contributed by atoms with Gasteiger partial charge in [0.1, 0.15) is 16.7 Å². The molecular weight excluding hydrogens is 368 g/mol. The number of sulfonamides is 1. The fraction of sp³-hybridized carbons (Fsp3) is 0.632. The van der Waals surface area contributed by atoms with Crippen molar-refractivity contribution in [2.45, 2.75) is 58.5 Å². The molecule has 0 aromatic heterocycles. The Morgan fingerprint density at radius 3 is 2.41 bits per heavy atom. The van der Waals surface area contributed by atoms with Crippen molar-refractivity contribution in [2.24, 2.45) is 0 Å². The van der Waals surface area contributed by atoms with E-state index in [-0.39, 0.29) is 16.6 Å². The Morgan fingerprint density at radius 2 is 1.85 bits per heavy atom. The van der Waals surface area contributed by atoms with E-state index in [0.29, 0.717) is 32.0 Å². The predicted octanol–water partition coefficient (Wildman–Crippen LogP) is 3.26. The smallest absolute Gasteiger partial charge is 0.253 e. The van der Waals surface area contributed by atoms with Gasteiger partial charge in [0, 0.05) is 25.4 Å². The molecule has 27 heavy (non-hydrogen) atoms. The molecule has 0 aliphatic heterocycles. The lowest BCUT2D eigenvalue weighted by Crippen LogP contribution is -2.31. The average molecular weight is 401 g/mol. The number of nitrogens with zero attached hydrogens (tertiary/aromatic N) is 1. The highest BCUT2D eigenvalue weighted by Crippen LogP contribution is 2.30. The summed E-state index contributed by atoms with van der Waals surface area (Å²) in [4.78, 5) is 12.3. The van der Waals surface area contributed by atoms with Crippen molar-refractivity contribution in [3.8, 4) is 5.75 Å². The topological polar surface area (TPSA) is 84.9 Å². The Hall–Kier alpha value is -1.64. The van der Waals surface area contributed by atoms with E-state index in [9.17, 15) is 13.2 Å². The summed E-state index contributed by atoms with van der Waals surface area (Å²) in [6.45, 7) is 10.6. The van der Waals surface area contributed by atoms with Gasteiger partial charge in [-0.05, 0) is 38.5 Å². The summed E-state index contributed by atoms with van der Waals surface area (Å²) in [5.74, 6) is -0.0453. The molecule has 1 amide bonds. The molecule has 0 heterocycles. The molecule has 1 aromatic rings. The van der Waals surface area contributed by atoms with Gasteiger partial charge in [0.2, 0.25) is 10.0 Å². The minimum atomic E-state index is -3.72. The number of ether oxygens (including phenoxy) is 2. The fourth-order valence-corrected chi connectivity index (χ4v) is 4.10. The lowest BCUT2D eigenvalue weighted by atomic mass is 10.2. The van der Waals surface area contributed by atoms with Crippen LogP contribution in [0, 0.1) is 0 Å². The highest BCUT2D eigenvalue weighted by Gasteiger charge is 2.26. The molecule has 0 unspecified atom stereocenters. The summed E-state index contributed by atoms with van der Waals surface area (Å²) in [6.07, 6.45) is 1.25. The largest absolute Gasteiger partial charge is 0.492 e. The second-order valence-electron chi connectivity index (χ2n) is 6.04. The molecule has 0 radical (unpaired) electrons. The van der Waals surface area contributed by atoms with Crippen molar-refractivity contribution >= 4 is 21.6 Å². The molecule has 0 aliphatic rings. The third-order valence-corrected chi connectivity index (χ3v) is 6.14. The Morgan fingerprint density at radius 1 is 1.19 bits per heavy atom. The maximum absolute atomic E-state index is 12.9. The molecular formula is C19H32N2O5S. The second-order valence-corrected chi connectivity index (χ2v) is 7.95. The highest BCUT2D eigenvalue weighted by molar-refractivity contribution is 7.89. The lowest BCUT2D eigenvalue weighted by molar-refractivity contribution is -0.126. The van der Waals surface area contributed by atoms with Gasteiger partial charge in [-0.3, -0.25) is 4.79 Å². The predicted molar refractivity (Wildman–Crippen MR) is 107 cm³/mol. The van der Waals surface area contributed by atoms with Crippen molar-refractivity contribution in [1.82, 2.24) is 4.31 Å². The molecule has 0 fully saturated rings. The number of rotatable bonds is 12. The van der Waals surface area contributed by atoms with E-state index in [1.165, 1.54) is 10.4 Å². The molecule has 1 rings (SSSR count). The summed E-state index contributed by atoms with van der Waals surface area (Å²) in [5.41, 5.74) is 0.389.